The number of halogens is 1. The van der Waals surface area contributed by atoms with Crippen molar-refractivity contribution in [3.63, 3.8) is 0 Å². The SMILES string of the molecule is CCOC(=O)C(N)CCC(S)C(=O)Nc1ccc(C(=O)N2CCN(CCc3ccc(Cl)cc3)CC2)cc1. The van der Waals surface area contributed by atoms with Crippen molar-refractivity contribution < 1.29 is 19.1 Å². The Morgan fingerprint density at radius 1 is 1.03 bits per heavy atom. The van der Waals surface area contributed by atoms with Crippen LogP contribution in [0, 0.1) is 0 Å². The highest BCUT2D eigenvalue weighted by Gasteiger charge is 2.23. The average molecular weight is 547 g/mol. The Morgan fingerprint density at radius 3 is 2.30 bits per heavy atom. The molecule has 2 amide bonds. The van der Waals surface area contributed by atoms with Crippen LogP contribution in [0.4, 0.5) is 5.69 Å². The third kappa shape index (κ3) is 9.03. The summed E-state index contributed by atoms with van der Waals surface area (Å²) in [4.78, 5) is 41.2. The number of thiol groups is 1. The van der Waals surface area contributed by atoms with Crippen LogP contribution in [0.15, 0.2) is 48.5 Å². The monoisotopic (exact) mass is 546 g/mol. The quantitative estimate of drug-likeness (QED) is 0.295. The number of hydrogen-bond donors (Lipinski definition) is 3. The molecule has 3 rings (SSSR count). The maximum absolute atomic E-state index is 13.0. The second kappa shape index (κ2) is 14.4. The summed E-state index contributed by atoms with van der Waals surface area (Å²) in [6, 6.07) is 14.0. The number of nitrogens with one attached hydrogen (secondary N) is 1. The molecule has 0 spiro atoms. The summed E-state index contributed by atoms with van der Waals surface area (Å²) < 4.78 is 4.88. The van der Waals surface area contributed by atoms with Gasteiger partial charge in [-0.05, 0) is 68.1 Å². The number of carbonyl (C=O) groups excluding carboxylic acids is 3. The number of anilines is 1. The van der Waals surface area contributed by atoms with Crippen LogP contribution in [0.2, 0.25) is 5.02 Å². The Labute approximate surface area is 228 Å². The maximum atomic E-state index is 13.0. The van der Waals surface area contributed by atoms with E-state index in [0.29, 0.717) is 37.2 Å². The first-order valence-corrected chi connectivity index (χ1v) is 13.4. The summed E-state index contributed by atoms with van der Waals surface area (Å²) in [5.41, 5.74) is 8.18. The van der Waals surface area contributed by atoms with Crippen LogP contribution < -0.4 is 11.1 Å². The summed E-state index contributed by atoms with van der Waals surface area (Å²) in [6.07, 6.45) is 1.57. The molecule has 0 bridgehead atoms. The highest BCUT2D eigenvalue weighted by molar-refractivity contribution is 7.81. The van der Waals surface area contributed by atoms with Crippen molar-refractivity contribution in [2.75, 3.05) is 44.6 Å². The van der Waals surface area contributed by atoms with Gasteiger partial charge in [0.2, 0.25) is 5.91 Å². The smallest absolute Gasteiger partial charge is 0.322 e. The third-order valence-electron chi connectivity index (χ3n) is 6.33. The van der Waals surface area contributed by atoms with Gasteiger partial charge in [-0.2, -0.15) is 12.6 Å². The molecule has 2 aromatic rings. The van der Waals surface area contributed by atoms with E-state index in [4.69, 9.17) is 22.1 Å². The van der Waals surface area contributed by atoms with Crippen molar-refractivity contribution in [1.82, 2.24) is 9.80 Å². The number of rotatable bonds is 11. The molecule has 2 aromatic carbocycles. The van der Waals surface area contributed by atoms with Crippen molar-refractivity contribution in [2.24, 2.45) is 5.73 Å². The molecule has 200 valence electrons. The second-order valence-corrected chi connectivity index (χ2v) is 10.1. The second-order valence-electron chi connectivity index (χ2n) is 9.03. The predicted molar refractivity (Wildman–Crippen MR) is 149 cm³/mol. The van der Waals surface area contributed by atoms with Crippen LogP contribution in [0.5, 0.6) is 0 Å². The fraction of sp³-hybridized carbons (Fsp3) is 0.444. The van der Waals surface area contributed by atoms with Crippen molar-refractivity contribution >= 4 is 47.7 Å². The summed E-state index contributed by atoms with van der Waals surface area (Å²) in [6.45, 7) is 5.92. The zero-order chi connectivity index (χ0) is 26.8. The van der Waals surface area contributed by atoms with Crippen LogP contribution in [0.3, 0.4) is 0 Å². The van der Waals surface area contributed by atoms with Crippen LogP contribution in [-0.2, 0) is 20.7 Å². The van der Waals surface area contributed by atoms with Gasteiger partial charge in [-0.3, -0.25) is 19.3 Å². The topological polar surface area (TPSA) is 105 Å². The number of amides is 2. The standard InChI is InChI=1S/C27H35ClN4O4S/c1-2-36-27(35)23(29)11-12-24(37)25(33)30-22-9-5-20(6-10-22)26(34)32-17-15-31(16-18-32)14-13-19-3-7-21(28)8-4-19/h3-10,23-24,37H,2,11-18,29H2,1H3,(H,30,33). The van der Waals surface area contributed by atoms with Crippen LogP contribution in [-0.4, -0.2) is 78.2 Å². The van der Waals surface area contributed by atoms with E-state index in [9.17, 15) is 14.4 Å². The fourth-order valence-electron chi connectivity index (χ4n) is 4.05. The average Bonchev–Trinajstić information content (AvgIpc) is 2.91. The Balaban J connectivity index is 1.41. The minimum Gasteiger partial charge on any atom is -0.465 e. The number of esters is 1. The number of nitrogens with zero attached hydrogens (tertiary/aromatic N) is 2. The van der Waals surface area contributed by atoms with Gasteiger partial charge in [0.25, 0.3) is 5.91 Å². The van der Waals surface area contributed by atoms with Crippen molar-refractivity contribution in [3.05, 3.63) is 64.7 Å². The molecule has 1 aliphatic heterocycles. The molecule has 37 heavy (non-hydrogen) atoms. The highest BCUT2D eigenvalue weighted by atomic mass is 35.5. The Bertz CT molecular complexity index is 1040. The molecule has 0 radical (unpaired) electrons. The number of ether oxygens (including phenoxy) is 1. The Morgan fingerprint density at radius 2 is 1.68 bits per heavy atom. The molecule has 3 N–H and O–H groups in total. The molecule has 0 aliphatic carbocycles. The van der Waals surface area contributed by atoms with E-state index in [1.165, 1.54) is 5.56 Å². The van der Waals surface area contributed by atoms with Gasteiger partial charge in [-0.15, -0.1) is 0 Å². The van der Waals surface area contributed by atoms with Gasteiger partial charge >= 0.3 is 5.97 Å². The van der Waals surface area contributed by atoms with Crippen LogP contribution >= 0.6 is 24.2 Å². The fourth-order valence-corrected chi connectivity index (χ4v) is 4.39. The van der Waals surface area contributed by atoms with E-state index >= 15 is 0 Å². The number of nitrogens with two attached hydrogens (primary N) is 1. The van der Waals surface area contributed by atoms with Gasteiger partial charge in [-0.25, -0.2) is 0 Å². The minimum absolute atomic E-state index is 0.0183. The van der Waals surface area contributed by atoms with Gasteiger partial charge in [0, 0.05) is 49.0 Å². The lowest BCUT2D eigenvalue weighted by Gasteiger charge is -2.34. The Kier molecular flexibility index (Phi) is 11.3. The summed E-state index contributed by atoms with van der Waals surface area (Å²) >= 11 is 10.3. The van der Waals surface area contributed by atoms with Gasteiger partial charge in [-0.1, -0.05) is 23.7 Å². The number of piperazine rings is 1. The summed E-state index contributed by atoms with van der Waals surface area (Å²) in [7, 11) is 0. The minimum atomic E-state index is -0.780. The molecule has 1 aliphatic rings. The number of benzene rings is 2. The molecule has 2 unspecified atom stereocenters. The molecular formula is C27H35ClN4O4S. The van der Waals surface area contributed by atoms with E-state index in [2.05, 4.69) is 22.8 Å². The lowest BCUT2D eigenvalue weighted by atomic mass is 10.1. The molecule has 1 heterocycles. The molecule has 1 fully saturated rings. The first-order valence-electron chi connectivity index (χ1n) is 12.5. The lowest BCUT2D eigenvalue weighted by Crippen LogP contribution is -2.49. The van der Waals surface area contributed by atoms with Crippen molar-refractivity contribution in [3.8, 4) is 0 Å². The van der Waals surface area contributed by atoms with E-state index in [0.717, 1.165) is 31.1 Å². The molecule has 0 aromatic heterocycles. The molecule has 8 nitrogen and oxygen atoms in total. The third-order valence-corrected chi connectivity index (χ3v) is 7.08. The zero-order valence-corrected chi connectivity index (χ0v) is 22.7. The van der Waals surface area contributed by atoms with E-state index in [1.807, 2.05) is 29.2 Å². The largest absolute Gasteiger partial charge is 0.465 e. The van der Waals surface area contributed by atoms with E-state index in [-0.39, 0.29) is 18.4 Å². The molecular weight excluding hydrogens is 512 g/mol. The van der Waals surface area contributed by atoms with Crippen LogP contribution in [0.25, 0.3) is 0 Å². The summed E-state index contributed by atoms with van der Waals surface area (Å²) in [5.74, 6) is -0.800. The maximum Gasteiger partial charge on any atom is 0.322 e. The van der Waals surface area contributed by atoms with Crippen LogP contribution in [0.1, 0.15) is 35.7 Å². The predicted octanol–water partition coefficient (Wildman–Crippen LogP) is 3.25. The van der Waals surface area contributed by atoms with E-state index in [1.54, 1.807) is 31.2 Å². The first kappa shape index (κ1) is 29.0. The molecule has 2 atom stereocenters. The first-order chi connectivity index (χ1) is 17.8. The lowest BCUT2D eigenvalue weighted by molar-refractivity contribution is -0.144. The van der Waals surface area contributed by atoms with Crippen molar-refractivity contribution in [2.45, 2.75) is 37.5 Å². The van der Waals surface area contributed by atoms with Gasteiger partial charge in [0.15, 0.2) is 0 Å². The zero-order valence-electron chi connectivity index (χ0n) is 21.1. The van der Waals surface area contributed by atoms with Gasteiger partial charge in [0.1, 0.15) is 6.04 Å². The normalized spacial score (nSPS) is 15.6. The molecule has 1 saturated heterocycles. The van der Waals surface area contributed by atoms with Gasteiger partial charge < -0.3 is 20.7 Å². The number of carbonyl (C=O) groups is 3. The van der Waals surface area contributed by atoms with Crippen molar-refractivity contribution in [1.29, 1.82) is 0 Å². The number of hydrogen-bond acceptors (Lipinski definition) is 7. The summed E-state index contributed by atoms with van der Waals surface area (Å²) in [5, 5.41) is 2.90. The molecule has 0 saturated carbocycles. The Hall–Kier alpha value is -2.59. The highest BCUT2D eigenvalue weighted by Crippen LogP contribution is 2.16. The van der Waals surface area contributed by atoms with Gasteiger partial charge in [0.05, 0.1) is 11.9 Å². The van der Waals surface area contributed by atoms with E-state index < -0.39 is 17.3 Å². The molecule has 10 heteroatoms.